The Labute approximate surface area is 144 Å². The minimum atomic E-state index is -0.318. The van der Waals surface area contributed by atoms with Crippen LogP contribution in [0.2, 0.25) is 0 Å². The van der Waals surface area contributed by atoms with Crippen LogP contribution >= 0.6 is 15.9 Å². The van der Waals surface area contributed by atoms with E-state index in [1.807, 2.05) is 48.5 Å². The zero-order valence-corrected chi connectivity index (χ0v) is 14.1. The van der Waals surface area contributed by atoms with Crippen molar-refractivity contribution in [3.05, 3.63) is 76.8 Å². The van der Waals surface area contributed by atoms with Crippen LogP contribution in [0.4, 0.5) is 0 Å². The Morgan fingerprint density at radius 2 is 1.96 bits per heavy atom. The number of carbonyl (C=O) groups is 1. The van der Waals surface area contributed by atoms with Crippen molar-refractivity contribution in [2.75, 3.05) is 6.61 Å². The number of hydrazone groups is 1. The van der Waals surface area contributed by atoms with Crippen molar-refractivity contribution in [1.82, 2.24) is 5.43 Å². The first kappa shape index (κ1) is 17.0. The van der Waals surface area contributed by atoms with Gasteiger partial charge in [-0.2, -0.15) is 5.10 Å². The van der Waals surface area contributed by atoms with Gasteiger partial charge in [-0.3, -0.25) is 4.79 Å². The van der Waals surface area contributed by atoms with Crippen molar-refractivity contribution in [2.45, 2.75) is 6.42 Å². The number of para-hydroxylation sites is 1. The quantitative estimate of drug-likeness (QED) is 0.457. The summed E-state index contributed by atoms with van der Waals surface area (Å²) in [6, 6.07) is 15.2. The molecule has 0 saturated heterocycles. The molecule has 4 nitrogen and oxygen atoms in total. The van der Waals surface area contributed by atoms with Gasteiger partial charge in [0.05, 0.1) is 6.21 Å². The SMILES string of the molecule is C=CCc1ccccc1OCC(=O)N/N=C/c1ccccc1Br. The highest BCUT2D eigenvalue weighted by atomic mass is 79.9. The summed E-state index contributed by atoms with van der Waals surface area (Å²) in [6.07, 6.45) is 4.07. The predicted octanol–water partition coefficient (Wildman–Crippen LogP) is 3.71. The molecule has 0 aliphatic heterocycles. The lowest BCUT2D eigenvalue weighted by molar-refractivity contribution is -0.123. The van der Waals surface area contributed by atoms with Gasteiger partial charge in [-0.05, 0) is 24.1 Å². The molecule has 0 aromatic heterocycles. The van der Waals surface area contributed by atoms with Crippen LogP contribution in [0.15, 0.2) is 70.8 Å². The van der Waals surface area contributed by atoms with E-state index >= 15 is 0 Å². The summed E-state index contributed by atoms with van der Waals surface area (Å²) in [5.74, 6) is 0.360. The average Bonchev–Trinajstić information content (AvgIpc) is 2.56. The lowest BCUT2D eigenvalue weighted by atomic mass is 10.1. The second kappa shape index (κ2) is 8.90. The molecule has 0 bridgehead atoms. The number of amides is 1. The maximum absolute atomic E-state index is 11.8. The topological polar surface area (TPSA) is 50.7 Å². The third-order valence-corrected chi connectivity index (χ3v) is 3.72. The van der Waals surface area contributed by atoms with E-state index in [0.29, 0.717) is 12.2 Å². The first-order chi connectivity index (χ1) is 11.2. The van der Waals surface area contributed by atoms with Crippen LogP contribution in [0.25, 0.3) is 0 Å². The molecule has 0 radical (unpaired) electrons. The fraction of sp³-hybridized carbons (Fsp3) is 0.111. The standard InChI is InChI=1S/C18H17BrN2O2/c1-2-7-14-8-4-6-11-17(14)23-13-18(22)21-20-12-15-9-3-5-10-16(15)19/h2-6,8-12H,1,7,13H2,(H,21,22)/b20-12+. The normalized spacial score (nSPS) is 10.5. The highest BCUT2D eigenvalue weighted by molar-refractivity contribution is 9.10. The molecule has 5 heteroatoms. The second-order valence-electron chi connectivity index (χ2n) is 4.70. The summed E-state index contributed by atoms with van der Waals surface area (Å²) in [5.41, 5.74) is 4.32. The maximum Gasteiger partial charge on any atom is 0.277 e. The Morgan fingerprint density at radius 1 is 1.22 bits per heavy atom. The number of allylic oxidation sites excluding steroid dienone is 1. The van der Waals surface area contributed by atoms with Crippen molar-refractivity contribution in [2.24, 2.45) is 5.10 Å². The fourth-order valence-corrected chi connectivity index (χ4v) is 2.29. The van der Waals surface area contributed by atoms with Gasteiger partial charge in [-0.1, -0.05) is 58.4 Å². The van der Waals surface area contributed by atoms with Crippen LogP contribution in [-0.4, -0.2) is 18.7 Å². The Kier molecular flexibility index (Phi) is 6.56. The average molecular weight is 373 g/mol. The minimum absolute atomic E-state index is 0.0958. The summed E-state index contributed by atoms with van der Waals surface area (Å²) >= 11 is 3.41. The lowest BCUT2D eigenvalue weighted by Crippen LogP contribution is -2.24. The van der Waals surface area contributed by atoms with Crippen LogP contribution in [-0.2, 0) is 11.2 Å². The van der Waals surface area contributed by atoms with E-state index in [1.54, 1.807) is 12.3 Å². The van der Waals surface area contributed by atoms with Crippen molar-refractivity contribution in [3.8, 4) is 5.75 Å². The van der Waals surface area contributed by atoms with E-state index in [-0.39, 0.29) is 12.5 Å². The number of halogens is 1. The molecule has 23 heavy (non-hydrogen) atoms. The molecule has 0 atom stereocenters. The molecule has 1 amide bonds. The maximum atomic E-state index is 11.8. The Bertz CT molecular complexity index is 714. The lowest BCUT2D eigenvalue weighted by Gasteiger charge is -2.09. The summed E-state index contributed by atoms with van der Waals surface area (Å²) in [4.78, 5) is 11.8. The van der Waals surface area contributed by atoms with Gasteiger partial charge in [-0.25, -0.2) is 5.43 Å². The van der Waals surface area contributed by atoms with Crippen molar-refractivity contribution >= 4 is 28.1 Å². The summed E-state index contributed by atoms with van der Waals surface area (Å²) in [5, 5.41) is 3.92. The second-order valence-corrected chi connectivity index (χ2v) is 5.56. The molecule has 2 aromatic carbocycles. The van der Waals surface area contributed by atoms with E-state index in [4.69, 9.17) is 4.74 Å². The molecule has 2 aromatic rings. The van der Waals surface area contributed by atoms with Crippen molar-refractivity contribution in [3.63, 3.8) is 0 Å². The van der Waals surface area contributed by atoms with Crippen molar-refractivity contribution in [1.29, 1.82) is 0 Å². The first-order valence-electron chi connectivity index (χ1n) is 7.08. The van der Waals surface area contributed by atoms with Gasteiger partial charge in [0.25, 0.3) is 5.91 Å². The molecule has 0 saturated carbocycles. The number of nitrogens with zero attached hydrogens (tertiary/aromatic N) is 1. The Hall–Kier alpha value is -2.40. The van der Waals surface area contributed by atoms with E-state index in [2.05, 4.69) is 33.0 Å². The number of ether oxygens (including phenoxy) is 1. The van der Waals surface area contributed by atoms with E-state index in [1.165, 1.54) is 0 Å². The smallest absolute Gasteiger partial charge is 0.277 e. The number of hydrogen-bond acceptors (Lipinski definition) is 3. The zero-order valence-electron chi connectivity index (χ0n) is 12.5. The van der Waals surface area contributed by atoms with Crippen LogP contribution < -0.4 is 10.2 Å². The monoisotopic (exact) mass is 372 g/mol. The minimum Gasteiger partial charge on any atom is -0.483 e. The molecule has 118 valence electrons. The Balaban J connectivity index is 1.86. The van der Waals surface area contributed by atoms with Crippen LogP contribution in [0.3, 0.4) is 0 Å². The predicted molar refractivity (Wildman–Crippen MR) is 95.7 cm³/mol. The van der Waals surface area contributed by atoms with Crippen molar-refractivity contribution < 1.29 is 9.53 Å². The Morgan fingerprint density at radius 3 is 2.74 bits per heavy atom. The summed E-state index contributed by atoms with van der Waals surface area (Å²) in [6.45, 7) is 3.62. The third-order valence-electron chi connectivity index (χ3n) is 2.99. The number of rotatable bonds is 7. The molecule has 0 aliphatic rings. The molecule has 0 unspecified atom stereocenters. The van der Waals surface area contributed by atoms with E-state index in [9.17, 15) is 4.79 Å². The number of hydrogen-bond donors (Lipinski definition) is 1. The molecular weight excluding hydrogens is 356 g/mol. The molecule has 0 aliphatic carbocycles. The van der Waals surface area contributed by atoms with E-state index < -0.39 is 0 Å². The summed E-state index contributed by atoms with van der Waals surface area (Å²) < 4.78 is 6.44. The molecule has 1 N–H and O–H groups in total. The highest BCUT2D eigenvalue weighted by Gasteiger charge is 2.05. The molecule has 0 fully saturated rings. The number of carbonyl (C=O) groups excluding carboxylic acids is 1. The molecule has 0 heterocycles. The van der Waals surface area contributed by atoms with Gasteiger partial charge < -0.3 is 4.74 Å². The van der Waals surface area contributed by atoms with Gasteiger partial charge in [0, 0.05) is 10.0 Å². The van der Waals surface area contributed by atoms with Gasteiger partial charge in [0.15, 0.2) is 6.61 Å². The van der Waals surface area contributed by atoms with Gasteiger partial charge >= 0.3 is 0 Å². The molecule has 0 spiro atoms. The van der Waals surface area contributed by atoms with Gasteiger partial charge in [-0.15, -0.1) is 6.58 Å². The van der Waals surface area contributed by atoms with E-state index in [0.717, 1.165) is 15.6 Å². The number of nitrogens with one attached hydrogen (secondary N) is 1. The molecule has 2 rings (SSSR count). The third kappa shape index (κ3) is 5.38. The van der Waals surface area contributed by atoms with Crippen LogP contribution in [0.1, 0.15) is 11.1 Å². The summed E-state index contributed by atoms with van der Waals surface area (Å²) in [7, 11) is 0. The first-order valence-corrected chi connectivity index (χ1v) is 7.88. The van der Waals surface area contributed by atoms with Gasteiger partial charge in [0.2, 0.25) is 0 Å². The number of benzene rings is 2. The fourth-order valence-electron chi connectivity index (χ4n) is 1.90. The highest BCUT2D eigenvalue weighted by Crippen LogP contribution is 2.18. The zero-order chi connectivity index (χ0) is 16.5. The largest absolute Gasteiger partial charge is 0.483 e. The molecular formula is C18H17BrN2O2. The van der Waals surface area contributed by atoms with Gasteiger partial charge in [0.1, 0.15) is 5.75 Å². The van der Waals surface area contributed by atoms with Crippen LogP contribution in [0, 0.1) is 0 Å². The van der Waals surface area contributed by atoms with Crippen LogP contribution in [0.5, 0.6) is 5.75 Å².